The molecule has 1 aromatic carbocycles. The molecule has 0 atom stereocenters. The van der Waals surface area contributed by atoms with Gasteiger partial charge in [-0.1, -0.05) is 0 Å². The van der Waals surface area contributed by atoms with Gasteiger partial charge in [-0.15, -0.1) is 0 Å². The van der Waals surface area contributed by atoms with Gasteiger partial charge in [0.05, 0.1) is 11.0 Å². The lowest BCUT2D eigenvalue weighted by molar-refractivity contribution is -0.116. The molecule has 0 radical (unpaired) electrons. The molecule has 0 aliphatic heterocycles. The second-order valence-corrected chi connectivity index (χ2v) is 4.02. The number of hydrogen-bond donors (Lipinski definition) is 2. The quantitative estimate of drug-likeness (QED) is 0.783. The average molecular weight is 244 g/mol. The second kappa shape index (κ2) is 6.07. The summed E-state index contributed by atoms with van der Waals surface area (Å²) in [6, 6.07) is 5.52. The largest absolute Gasteiger partial charge is 0.326 e. The molecule has 5 heteroatoms. The Kier molecular flexibility index (Phi) is 4.20. The third-order valence-electron chi connectivity index (χ3n) is 2.58. The molecule has 0 aliphatic rings. The predicted molar refractivity (Wildman–Crippen MR) is 71.3 cm³/mol. The highest BCUT2D eigenvalue weighted by molar-refractivity contribution is 5.92. The molecule has 94 valence electrons. The molecule has 0 unspecified atom stereocenters. The molecule has 0 spiro atoms. The number of amides is 1. The topological polar surface area (TPSA) is 66.9 Å². The van der Waals surface area contributed by atoms with Gasteiger partial charge < -0.3 is 10.6 Å². The summed E-state index contributed by atoms with van der Waals surface area (Å²) in [6.07, 6.45) is 4.63. The number of rotatable bonds is 5. The summed E-state index contributed by atoms with van der Waals surface area (Å²) in [5, 5.41) is 5.87. The van der Waals surface area contributed by atoms with Crippen molar-refractivity contribution in [1.82, 2.24) is 15.3 Å². The summed E-state index contributed by atoms with van der Waals surface area (Å²) in [5.41, 5.74) is 2.37. The van der Waals surface area contributed by atoms with E-state index < -0.39 is 0 Å². The van der Waals surface area contributed by atoms with Crippen LogP contribution in [0, 0.1) is 0 Å². The number of hydrogen-bond acceptors (Lipinski definition) is 4. The molecule has 0 saturated heterocycles. The molecule has 0 bridgehead atoms. The van der Waals surface area contributed by atoms with Crippen LogP contribution in [0.25, 0.3) is 11.0 Å². The molecule has 0 fully saturated rings. The summed E-state index contributed by atoms with van der Waals surface area (Å²) in [4.78, 5) is 20.0. The van der Waals surface area contributed by atoms with Gasteiger partial charge in [-0.25, -0.2) is 0 Å². The molecule has 1 heterocycles. The Morgan fingerprint density at radius 3 is 2.78 bits per heavy atom. The van der Waals surface area contributed by atoms with Crippen LogP contribution in [0.3, 0.4) is 0 Å². The fourth-order valence-electron chi connectivity index (χ4n) is 1.69. The van der Waals surface area contributed by atoms with Crippen molar-refractivity contribution in [3.8, 4) is 0 Å². The first-order valence-electron chi connectivity index (χ1n) is 5.95. The minimum Gasteiger partial charge on any atom is -0.326 e. The van der Waals surface area contributed by atoms with Crippen molar-refractivity contribution >= 4 is 22.6 Å². The number of aromatic nitrogens is 2. The van der Waals surface area contributed by atoms with Crippen molar-refractivity contribution in [2.24, 2.45) is 0 Å². The van der Waals surface area contributed by atoms with Gasteiger partial charge in [0.25, 0.3) is 0 Å². The fourth-order valence-corrected chi connectivity index (χ4v) is 1.69. The van der Waals surface area contributed by atoms with Crippen LogP contribution in [0.4, 0.5) is 5.69 Å². The van der Waals surface area contributed by atoms with Crippen LogP contribution in [-0.4, -0.2) is 29.5 Å². The lowest BCUT2D eigenvalue weighted by Crippen LogP contribution is -2.15. The van der Waals surface area contributed by atoms with Crippen LogP contribution in [0.5, 0.6) is 0 Å². The number of nitrogens with one attached hydrogen (secondary N) is 2. The first kappa shape index (κ1) is 12.4. The van der Waals surface area contributed by atoms with E-state index in [9.17, 15) is 4.79 Å². The maximum absolute atomic E-state index is 11.6. The molecule has 1 aromatic heterocycles. The van der Waals surface area contributed by atoms with Crippen molar-refractivity contribution in [1.29, 1.82) is 0 Å². The summed E-state index contributed by atoms with van der Waals surface area (Å²) in [5.74, 6) is 0.0218. The van der Waals surface area contributed by atoms with Gasteiger partial charge in [-0.2, -0.15) is 0 Å². The van der Waals surface area contributed by atoms with Gasteiger partial charge in [0.15, 0.2) is 0 Å². The van der Waals surface area contributed by atoms with Gasteiger partial charge in [-0.3, -0.25) is 14.8 Å². The van der Waals surface area contributed by atoms with Crippen LogP contribution >= 0.6 is 0 Å². The van der Waals surface area contributed by atoms with Crippen molar-refractivity contribution < 1.29 is 4.79 Å². The molecule has 0 saturated carbocycles. The Labute approximate surface area is 106 Å². The average Bonchev–Trinajstić information content (AvgIpc) is 2.39. The van der Waals surface area contributed by atoms with Crippen LogP contribution in [0.2, 0.25) is 0 Å². The van der Waals surface area contributed by atoms with E-state index in [0.717, 1.165) is 29.7 Å². The van der Waals surface area contributed by atoms with E-state index in [4.69, 9.17) is 0 Å². The maximum Gasteiger partial charge on any atom is 0.224 e. The van der Waals surface area contributed by atoms with Crippen LogP contribution < -0.4 is 10.6 Å². The van der Waals surface area contributed by atoms with E-state index in [1.54, 1.807) is 12.4 Å². The van der Waals surface area contributed by atoms with E-state index in [1.165, 1.54) is 0 Å². The Hall–Kier alpha value is -2.01. The zero-order chi connectivity index (χ0) is 12.8. The standard InChI is InChI=1S/C13H16N4O/c1-14-6-2-3-13(18)17-10-4-5-11-12(9-10)16-8-7-15-11/h4-5,7-9,14H,2-3,6H2,1H3,(H,17,18). The Balaban J connectivity index is 2.01. The summed E-state index contributed by atoms with van der Waals surface area (Å²) in [6.45, 7) is 0.844. The minimum absolute atomic E-state index is 0.0218. The molecule has 5 nitrogen and oxygen atoms in total. The van der Waals surface area contributed by atoms with Crippen molar-refractivity contribution in [2.45, 2.75) is 12.8 Å². The molecule has 2 rings (SSSR count). The van der Waals surface area contributed by atoms with E-state index in [2.05, 4.69) is 20.6 Å². The Bertz CT molecular complexity index is 541. The Morgan fingerprint density at radius 1 is 1.22 bits per heavy atom. The monoisotopic (exact) mass is 244 g/mol. The van der Waals surface area contributed by atoms with Gasteiger partial charge >= 0.3 is 0 Å². The minimum atomic E-state index is 0.0218. The number of fused-ring (bicyclic) bond motifs is 1. The molecule has 18 heavy (non-hydrogen) atoms. The second-order valence-electron chi connectivity index (χ2n) is 4.02. The van der Waals surface area contributed by atoms with Crippen molar-refractivity contribution in [2.75, 3.05) is 18.9 Å². The fraction of sp³-hybridized carbons (Fsp3) is 0.308. The maximum atomic E-state index is 11.6. The predicted octanol–water partition coefficient (Wildman–Crippen LogP) is 1.57. The molecular weight excluding hydrogens is 228 g/mol. The molecule has 0 aliphatic carbocycles. The highest BCUT2D eigenvalue weighted by atomic mass is 16.1. The normalized spacial score (nSPS) is 10.5. The van der Waals surface area contributed by atoms with Gasteiger partial charge in [-0.05, 0) is 38.2 Å². The first-order chi connectivity index (χ1) is 8.79. The highest BCUT2D eigenvalue weighted by Gasteiger charge is 2.03. The van der Waals surface area contributed by atoms with E-state index in [0.29, 0.717) is 6.42 Å². The van der Waals surface area contributed by atoms with Crippen molar-refractivity contribution in [3.05, 3.63) is 30.6 Å². The van der Waals surface area contributed by atoms with Crippen LogP contribution in [0.1, 0.15) is 12.8 Å². The number of carbonyl (C=O) groups excluding carboxylic acids is 1. The smallest absolute Gasteiger partial charge is 0.224 e. The summed E-state index contributed by atoms with van der Waals surface area (Å²) >= 11 is 0. The van der Waals surface area contributed by atoms with Gasteiger partial charge in [0.2, 0.25) is 5.91 Å². The third-order valence-corrected chi connectivity index (χ3v) is 2.58. The van der Waals surface area contributed by atoms with Crippen LogP contribution in [0.15, 0.2) is 30.6 Å². The SMILES string of the molecule is CNCCCC(=O)Nc1ccc2nccnc2c1. The zero-order valence-corrected chi connectivity index (χ0v) is 10.3. The number of anilines is 1. The highest BCUT2D eigenvalue weighted by Crippen LogP contribution is 2.15. The summed E-state index contributed by atoms with van der Waals surface area (Å²) in [7, 11) is 1.87. The molecular formula is C13H16N4O. The third kappa shape index (κ3) is 3.24. The van der Waals surface area contributed by atoms with E-state index in [1.807, 2.05) is 25.2 Å². The van der Waals surface area contributed by atoms with Gasteiger partial charge in [0.1, 0.15) is 0 Å². The van der Waals surface area contributed by atoms with Crippen LogP contribution in [-0.2, 0) is 4.79 Å². The lowest BCUT2D eigenvalue weighted by atomic mass is 10.2. The molecule has 1 amide bonds. The number of nitrogens with zero attached hydrogens (tertiary/aromatic N) is 2. The lowest BCUT2D eigenvalue weighted by Gasteiger charge is -2.05. The number of benzene rings is 1. The first-order valence-corrected chi connectivity index (χ1v) is 5.95. The number of carbonyl (C=O) groups is 1. The summed E-state index contributed by atoms with van der Waals surface area (Å²) < 4.78 is 0. The van der Waals surface area contributed by atoms with Crippen molar-refractivity contribution in [3.63, 3.8) is 0 Å². The Morgan fingerprint density at radius 2 is 2.00 bits per heavy atom. The molecule has 2 N–H and O–H groups in total. The van der Waals surface area contributed by atoms with E-state index >= 15 is 0 Å². The van der Waals surface area contributed by atoms with E-state index in [-0.39, 0.29) is 5.91 Å². The zero-order valence-electron chi connectivity index (χ0n) is 10.3. The van der Waals surface area contributed by atoms with Gasteiger partial charge in [0, 0.05) is 24.5 Å². The molecule has 2 aromatic rings.